The number of nitrogens with zero attached hydrogens (tertiary/aromatic N) is 2. The molecule has 2 aromatic heterocycles. The van der Waals surface area contributed by atoms with Crippen molar-refractivity contribution in [1.29, 1.82) is 0 Å². The van der Waals surface area contributed by atoms with Crippen molar-refractivity contribution in [2.24, 2.45) is 0 Å². The Labute approximate surface area is 136 Å². The fourth-order valence-corrected chi connectivity index (χ4v) is 2.96. The lowest BCUT2D eigenvalue weighted by Crippen LogP contribution is -2.32. The number of aromatic nitrogens is 3. The summed E-state index contributed by atoms with van der Waals surface area (Å²) in [5.41, 5.74) is 1.38. The van der Waals surface area contributed by atoms with Gasteiger partial charge in [0.1, 0.15) is 29.1 Å². The highest BCUT2D eigenvalue weighted by Gasteiger charge is 2.43. The van der Waals surface area contributed by atoms with Crippen molar-refractivity contribution in [3.63, 3.8) is 0 Å². The van der Waals surface area contributed by atoms with Gasteiger partial charge in [-0.25, -0.2) is 4.98 Å². The Morgan fingerprint density at radius 1 is 1.39 bits per heavy atom. The van der Waals surface area contributed by atoms with Gasteiger partial charge < -0.3 is 20.1 Å². The van der Waals surface area contributed by atoms with E-state index >= 15 is 0 Å². The maximum atomic E-state index is 11.8. The number of nitrogens with one attached hydrogen (secondary N) is 1. The summed E-state index contributed by atoms with van der Waals surface area (Å²) in [4.78, 5) is 18.6. The topological polar surface area (TPSA) is 120 Å². The average Bonchev–Trinajstić information content (AvgIpc) is 2.80. The minimum atomic E-state index is -1.22. The van der Waals surface area contributed by atoms with Gasteiger partial charge in [0.2, 0.25) is 5.78 Å². The van der Waals surface area contributed by atoms with Crippen molar-refractivity contribution in [1.82, 2.24) is 14.4 Å². The number of rotatable bonds is 2. The predicted octanol–water partition coefficient (Wildman–Crippen LogP) is -0.477. The second-order valence-electron chi connectivity index (χ2n) is 5.62. The highest BCUT2D eigenvalue weighted by atomic mass is 32.1. The first-order valence-corrected chi connectivity index (χ1v) is 7.51. The molecule has 0 radical (unpaired) electrons. The van der Waals surface area contributed by atoms with Gasteiger partial charge in [-0.1, -0.05) is 12.2 Å². The molecule has 0 spiro atoms. The Morgan fingerprint density at radius 3 is 2.70 bits per heavy atom. The van der Waals surface area contributed by atoms with E-state index in [1.54, 1.807) is 24.4 Å². The summed E-state index contributed by atoms with van der Waals surface area (Å²) in [5.74, 6) is 0.290. The average molecular weight is 339 g/mol. The van der Waals surface area contributed by atoms with Crippen molar-refractivity contribution in [3.8, 4) is 0 Å². The molecule has 4 N–H and O–H groups in total. The highest BCUT2D eigenvalue weighted by molar-refractivity contribution is 7.71. The van der Waals surface area contributed by atoms with Gasteiger partial charge in [-0.05, 0) is 13.8 Å². The van der Waals surface area contributed by atoms with Gasteiger partial charge in [-0.2, -0.15) is 0 Å². The van der Waals surface area contributed by atoms with E-state index in [9.17, 15) is 20.1 Å². The first kappa shape index (κ1) is 16.2. The van der Waals surface area contributed by atoms with E-state index in [-0.39, 0.29) is 10.2 Å². The number of hydrogen-bond donors (Lipinski definition) is 4. The largest absolute Gasteiger partial charge is 0.394 e. The van der Waals surface area contributed by atoms with Gasteiger partial charge in [0.25, 0.3) is 5.56 Å². The van der Waals surface area contributed by atoms with Crippen LogP contribution in [0.2, 0.25) is 0 Å². The Morgan fingerprint density at radius 2 is 2.09 bits per heavy atom. The molecule has 8 nitrogen and oxygen atoms in total. The van der Waals surface area contributed by atoms with Crippen LogP contribution in [0.3, 0.4) is 0 Å². The third-order valence-electron chi connectivity index (χ3n) is 4.27. The van der Waals surface area contributed by atoms with Crippen LogP contribution in [0, 0.1) is 18.5 Å². The molecule has 1 aliphatic rings. The normalized spacial score (nSPS) is 27.7. The number of hydrogen-bond acceptors (Lipinski definition) is 7. The molecule has 0 aliphatic carbocycles. The molecule has 1 aliphatic heterocycles. The molecular weight excluding hydrogens is 322 g/mol. The van der Waals surface area contributed by atoms with E-state index in [4.69, 9.17) is 17.0 Å². The number of aryl methyl sites for hydroxylation is 1. The van der Waals surface area contributed by atoms with Crippen LogP contribution in [0.15, 0.2) is 11.0 Å². The van der Waals surface area contributed by atoms with E-state index < -0.39 is 31.0 Å². The van der Waals surface area contributed by atoms with Crippen LogP contribution in [0.5, 0.6) is 0 Å². The molecule has 124 valence electrons. The van der Waals surface area contributed by atoms with E-state index in [1.165, 1.54) is 0 Å². The predicted molar refractivity (Wildman–Crippen MR) is 82.8 cm³/mol. The number of aliphatic hydroxyl groups is 3. The molecule has 3 heterocycles. The maximum Gasteiger partial charge on any atom is 0.255 e. The van der Waals surface area contributed by atoms with Gasteiger partial charge in [0.15, 0.2) is 0 Å². The van der Waals surface area contributed by atoms with Crippen LogP contribution in [0.4, 0.5) is 0 Å². The van der Waals surface area contributed by atoms with Crippen molar-refractivity contribution in [2.75, 3.05) is 6.61 Å². The lowest BCUT2D eigenvalue weighted by Gasteiger charge is -2.16. The van der Waals surface area contributed by atoms with Crippen LogP contribution in [0.1, 0.15) is 22.9 Å². The zero-order valence-corrected chi connectivity index (χ0v) is 13.4. The van der Waals surface area contributed by atoms with Gasteiger partial charge in [0.05, 0.1) is 6.61 Å². The van der Waals surface area contributed by atoms with Crippen LogP contribution in [-0.2, 0) is 4.74 Å². The molecule has 3 rings (SSSR count). The maximum absolute atomic E-state index is 11.8. The molecule has 9 heteroatoms. The SMILES string of the molecule is Cc1c(C)n2cc(C3OC(CO)C(O)C3O)c(=S)nc2[nH]c1=O. The summed E-state index contributed by atoms with van der Waals surface area (Å²) in [6.45, 7) is 3.04. The Balaban J connectivity index is 2.18. The van der Waals surface area contributed by atoms with Gasteiger partial charge in [-0.15, -0.1) is 0 Å². The summed E-state index contributed by atoms with van der Waals surface area (Å²) in [5, 5.41) is 29.2. The summed E-state index contributed by atoms with van der Waals surface area (Å²) >= 11 is 5.22. The van der Waals surface area contributed by atoms with Gasteiger partial charge >= 0.3 is 0 Å². The quantitative estimate of drug-likeness (QED) is 0.546. The summed E-state index contributed by atoms with van der Waals surface area (Å²) < 4.78 is 7.30. The number of ether oxygens (including phenoxy) is 1. The number of aromatic amines is 1. The standard InChI is InChI=1S/C14H17N3O5S/c1-5-6(2)17-3-7(13(23)16-14(17)15-12(5)21)11-10(20)9(19)8(4-18)22-11/h3,8-11,18-20H,4H2,1-2H3,(H,15,16,21,23). The summed E-state index contributed by atoms with van der Waals surface area (Å²) in [7, 11) is 0. The Hall–Kier alpha value is -1.65. The van der Waals surface area contributed by atoms with Crippen LogP contribution in [-0.4, -0.2) is 54.6 Å². The molecule has 0 aromatic carbocycles. The molecule has 0 bridgehead atoms. The van der Waals surface area contributed by atoms with Crippen molar-refractivity contribution in [3.05, 3.63) is 38.0 Å². The number of H-pyrrole nitrogens is 1. The van der Waals surface area contributed by atoms with Crippen LogP contribution in [0.25, 0.3) is 5.78 Å². The molecule has 0 amide bonds. The lowest BCUT2D eigenvalue weighted by molar-refractivity contribution is -0.0230. The van der Waals surface area contributed by atoms with Crippen molar-refractivity contribution in [2.45, 2.75) is 38.3 Å². The molecule has 4 atom stereocenters. The first-order chi connectivity index (χ1) is 10.8. The van der Waals surface area contributed by atoms with Crippen molar-refractivity contribution >= 4 is 18.0 Å². The molecule has 4 unspecified atom stereocenters. The van der Waals surface area contributed by atoms with E-state index in [2.05, 4.69) is 9.97 Å². The lowest BCUT2D eigenvalue weighted by atomic mass is 10.0. The van der Waals surface area contributed by atoms with Crippen LogP contribution >= 0.6 is 12.2 Å². The third kappa shape index (κ3) is 2.50. The number of aliphatic hydroxyl groups excluding tert-OH is 3. The summed E-state index contributed by atoms with van der Waals surface area (Å²) in [6, 6.07) is 0. The second-order valence-corrected chi connectivity index (χ2v) is 6.01. The highest BCUT2D eigenvalue weighted by Crippen LogP contribution is 2.33. The zero-order chi connectivity index (χ0) is 16.9. The Bertz CT molecular complexity index is 877. The van der Waals surface area contributed by atoms with Gasteiger partial charge in [0, 0.05) is 23.0 Å². The van der Waals surface area contributed by atoms with E-state index in [1.807, 2.05) is 0 Å². The molecular formula is C14H17N3O5S. The molecule has 0 saturated carbocycles. The smallest absolute Gasteiger partial charge is 0.255 e. The monoisotopic (exact) mass is 339 g/mol. The molecule has 23 heavy (non-hydrogen) atoms. The molecule has 2 aromatic rings. The van der Waals surface area contributed by atoms with Crippen molar-refractivity contribution < 1.29 is 20.1 Å². The zero-order valence-electron chi connectivity index (χ0n) is 12.6. The fraction of sp³-hybridized carbons (Fsp3) is 0.500. The molecule has 1 saturated heterocycles. The second kappa shape index (κ2) is 5.77. The fourth-order valence-electron chi connectivity index (χ4n) is 2.71. The van der Waals surface area contributed by atoms with E-state index in [0.29, 0.717) is 22.6 Å². The van der Waals surface area contributed by atoms with E-state index in [0.717, 1.165) is 0 Å². The number of fused-ring (bicyclic) bond motifs is 1. The molecule has 1 fully saturated rings. The van der Waals surface area contributed by atoms with Gasteiger partial charge in [-0.3, -0.25) is 14.2 Å². The summed E-state index contributed by atoms with van der Waals surface area (Å²) in [6.07, 6.45) is -2.59. The Kier molecular flexibility index (Phi) is 4.07. The third-order valence-corrected chi connectivity index (χ3v) is 4.60. The minimum Gasteiger partial charge on any atom is -0.394 e. The first-order valence-electron chi connectivity index (χ1n) is 7.10. The van der Waals surface area contributed by atoms with Crippen LogP contribution < -0.4 is 5.56 Å². The minimum absolute atomic E-state index is 0.152.